The van der Waals surface area contributed by atoms with Crippen LogP contribution in [-0.4, -0.2) is 42.4 Å². The zero-order valence-corrected chi connectivity index (χ0v) is 11.7. The molecule has 0 spiro atoms. The molecule has 0 saturated carbocycles. The van der Waals surface area contributed by atoms with Crippen LogP contribution >= 0.6 is 0 Å². The average Bonchev–Trinajstić information content (AvgIpc) is 2.48. The van der Waals surface area contributed by atoms with Crippen molar-refractivity contribution in [2.24, 2.45) is 0 Å². The Bertz CT molecular complexity index is 460. The molecule has 2 N–H and O–H groups in total. The highest BCUT2D eigenvalue weighted by Crippen LogP contribution is 1.99. The number of carbonyl (C=O) groups excluding carboxylic acids is 1. The van der Waals surface area contributed by atoms with E-state index in [9.17, 15) is 4.79 Å². The molecule has 1 rings (SSSR count). The Kier molecular flexibility index (Phi) is 8.04. The number of nitrogens with zero attached hydrogens (tertiary/aromatic N) is 1. The monoisotopic (exact) mass is 276 g/mol. The van der Waals surface area contributed by atoms with Gasteiger partial charge in [0.1, 0.15) is 5.69 Å². The lowest BCUT2D eigenvalue weighted by atomic mass is 10.2. The van der Waals surface area contributed by atoms with E-state index in [1.165, 1.54) is 0 Å². The smallest absolute Gasteiger partial charge is 0.269 e. The zero-order chi connectivity index (χ0) is 14.6. The molecule has 20 heavy (non-hydrogen) atoms. The molecule has 0 fully saturated rings. The molecule has 1 aromatic rings. The summed E-state index contributed by atoms with van der Waals surface area (Å²) in [5.74, 6) is 5.46. The van der Waals surface area contributed by atoms with E-state index < -0.39 is 0 Å². The van der Waals surface area contributed by atoms with E-state index in [-0.39, 0.29) is 12.5 Å². The molecule has 5 heteroatoms. The second-order valence-corrected chi connectivity index (χ2v) is 4.01. The molecule has 0 bridgehead atoms. The number of amides is 1. The van der Waals surface area contributed by atoms with Crippen molar-refractivity contribution in [3.63, 3.8) is 0 Å². The summed E-state index contributed by atoms with van der Waals surface area (Å²) in [5, 5.41) is 11.4. The summed E-state index contributed by atoms with van der Waals surface area (Å²) in [4.78, 5) is 15.8. The van der Waals surface area contributed by atoms with Gasteiger partial charge in [-0.3, -0.25) is 4.79 Å². The Morgan fingerprint density at radius 1 is 1.50 bits per heavy atom. The summed E-state index contributed by atoms with van der Waals surface area (Å²) in [5.41, 5.74) is 1.10. The Morgan fingerprint density at radius 3 is 3.00 bits per heavy atom. The summed E-state index contributed by atoms with van der Waals surface area (Å²) < 4.78 is 5.18. The van der Waals surface area contributed by atoms with Crippen LogP contribution in [0.2, 0.25) is 0 Å². The number of hydrogen-bond acceptors (Lipinski definition) is 4. The highest BCUT2D eigenvalue weighted by atomic mass is 16.5. The van der Waals surface area contributed by atoms with Gasteiger partial charge >= 0.3 is 0 Å². The first-order valence-electron chi connectivity index (χ1n) is 6.69. The van der Waals surface area contributed by atoms with Gasteiger partial charge in [0.25, 0.3) is 5.91 Å². The van der Waals surface area contributed by atoms with E-state index in [1.807, 2.05) is 6.92 Å². The number of aromatic nitrogens is 1. The van der Waals surface area contributed by atoms with Crippen LogP contribution in [0.4, 0.5) is 0 Å². The van der Waals surface area contributed by atoms with E-state index in [1.54, 1.807) is 18.3 Å². The maximum absolute atomic E-state index is 11.8. The SMILES string of the molecule is CCOCCCNC(=O)c1ccc(C#CCCO)cn1. The normalized spacial score (nSPS) is 9.70. The standard InChI is InChI=1S/C15H20N2O3/c1-2-20-11-5-9-16-15(19)14-8-7-13(12-17-14)6-3-4-10-18/h7-8,12,18H,2,4-5,9-11H2,1H3,(H,16,19). The van der Waals surface area contributed by atoms with Crippen molar-refractivity contribution in [1.29, 1.82) is 0 Å². The van der Waals surface area contributed by atoms with Crippen LogP contribution in [0.3, 0.4) is 0 Å². The maximum atomic E-state index is 11.8. The molecule has 108 valence electrons. The molecule has 1 heterocycles. The lowest BCUT2D eigenvalue weighted by Crippen LogP contribution is -2.26. The van der Waals surface area contributed by atoms with E-state index in [2.05, 4.69) is 22.1 Å². The summed E-state index contributed by atoms with van der Waals surface area (Å²) in [6.45, 7) is 3.88. The van der Waals surface area contributed by atoms with Crippen molar-refractivity contribution < 1.29 is 14.6 Å². The molecule has 0 aliphatic rings. The van der Waals surface area contributed by atoms with E-state index >= 15 is 0 Å². The van der Waals surface area contributed by atoms with Gasteiger partial charge < -0.3 is 15.2 Å². The lowest BCUT2D eigenvalue weighted by molar-refractivity contribution is 0.0939. The van der Waals surface area contributed by atoms with Gasteiger partial charge in [-0.1, -0.05) is 11.8 Å². The molecular formula is C15H20N2O3. The zero-order valence-electron chi connectivity index (χ0n) is 11.7. The highest BCUT2D eigenvalue weighted by Gasteiger charge is 2.05. The fourth-order valence-corrected chi connectivity index (χ4v) is 1.43. The molecule has 1 aromatic heterocycles. The average molecular weight is 276 g/mol. The molecule has 5 nitrogen and oxygen atoms in total. The molecule has 0 aliphatic carbocycles. The minimum absolute atomic E-state index is 0.0443. The number of aliphatic hydroxyl groups is 1. The van der Waals surface area contributed by atoms with Crippen molar-refractivity contribution in [2.75, 3.05) is 26.4 Å². The maximum Gasteiger partial charge on any atom is 0.269 e. The number of aliphatic hydroxyl groups excluding tert-OH is 1. The van der Waals surface area contributed by atoms with Crippen molar-refractivity contribution in [3.8, 4) is 11.8 Å². The molecule has 0 aromatic carbocycles. The first-order chi connectivity index (χ1) is 9.77. The van der Waals surface area contributed by atoms with Gasteiger partial charge in [-0.15, -0.1) is 0 Å². The van der Waals surface area contributed by atoms with Gasteiger partial charge in [0.05, 0.1) is 6.61 Å². The molecule has 0 saturated heterocycles. The Labute approximate surface area is 119 Å². The minimum atomic E-state index is -0.198. The third kappa shape index (κ3) is 6.32. The number of nitrogens with one attached hydrogen (secondary N) is 1. The van der Waals surface area contributed by atoms with E-state index in [0.29, 0.717) is 31.9 Å². The predicted molar refractivity (Wildman–Crippen MR) is 76.3 cm³/mol. The molecule has 0 aliphatic heterocycles. The second kappa shape index (κ2) is 9.96. The van der Waals surface area contributed by atoms with Crippen LogP contribution in [0.1, 0.15) is 35.8 Å². The van der Waals surface area contributed by atoms with Gasteiger partial charge in [0, 0.05) is 37.9 Å². The Hall–Kier alpha value is -1.90. The Balaban J connectivity index is 2.40. The van der Waals surface area contributed by atoms with Gasteiger partial charge in [-0.05, 0) is 25.5 Å². The van der Waals surface area contributed by atoms with Crippen LogP contribution in [0.5, 0.6) is 0 Å². The summed E-state index contributed by atoms with van der Waals surface area (Å²) in [6.07, 6.45) is 2.77. The Morgan fingerprint density at radius 2 is 2.35 bits per heavy atom. The molecule has 0 atom stereocenters. The van der Waals surface area contributed by atoms with Gasteiger partial charge in [0.2, 0.25) is 0 Å². The first kappa shape index (κ1) is 16.2. The molecular weight excluding hydrogens is 256 g/mol. The molecule has 1 amide bonds. The van der Waals surface area contributed by atoms with Crippen molar-refractivity contribution in [1.82, 2.24) is 10.3 Å². The fraction of sp³-hybridized carbons (Fsp3) is 0.467. The van der Waals surface area contributed by atoms with Crippen LogP contribution in [0.15, 0.2) is 18.3 Å². The molecule has 0 unspecified atom stereocenters. The van der Waals surface area contributed by atoms with E-state index in [0.717, 1.165) is 12.0 Å². The van der Waals surface area contributed by atoms with Crippen LogP contribution in [0, 0.1) is 11.8 Å². The van der Waals surface area contributed by atoms with Crippen LogP contribution < -0.4 is 5.32 Å². The quantitative estimate of drug-likeness (QED) is 0.575. The topological polar surface area (TPSA) is 71.5 Å². The third-order valence-corrected chi connectivity index (χ3v) is 2.42. The number of rotatable bonds is 7. The minimum Gasteiger partial charge on any atom is -0.395 e. The number of carbonyl (C=O) groups is 1. The summed E-state index contributed by atoms with van der Waals surface area (Å²) >= 11 is 0. The first-order valence-corrected chi connectivity index (χ1v) is 6.69. The van der Waals surface area contributed by atoms with Gasteiger partial charge in [-0.25, -0.2) is 4.98 Å². The number of hydrogen-bond donors (Lipinski definition) is 2. The predicted octanol–water partition coefficient (Wildman–Crippen LogP) is 0.972. The van der Waals surface area contributed by atoms with Gasteiger partial charge in [0.15, 0.2) is 0 Å². The van der Waals surface area contributed by atoms with Crippen molar-refractivity contribution in [2.45, 2.75) is 19.8 Å². The lowest BCUT2D eigenvalue weighted by Gasteiger charge is -2.04. The third-order valence-electron chi connectivity index (χ3n) is 2.42. The largest absolute Gasteiger partial charge is 0.395 e. The van der Waals surface area contributed by atoms with Crippen LogP contribution in [0.25, 0.3) is 0 Å². The van der Waals surface area contributed by atoms with Crippen molar-refractivity contribution >= 4 is 5.91 Å². The molecule has 0 radical (unpaired) electrons. The van der Waals surface area contributed by atoms with E-state index in [4.69, 9.17) is 9.84 Å². The summed E-state index contributed by atoms with van der Waals surface area (Å²) in [6, 6.07) is 3.38. The second-order valence-electron chi connectivity index (χ2n) is 4.01. The van der Waals surface area contributed by atoms with Gasteiger partial charge in [-0.2, -0.15) is 0 Å². The highest BCUT2D eigenvalue weighted by molar-refractivity contribution is 5.92. The summed E-state index contributed by atoms with van der Waals surface area (Å²) in [7, 11) is 0. The number of pyridine rings is 1. The van der Waals surface area contributed by atoms with Crippen LogP contribution in [-0.2, 0) is 4.74 Å². The number of ether oxygens (including phenoxy) is 1. The fourth-order valence-electron chi connectivity index (χ4n) is 1.43. The van der Waals surface area contributed by atoms with Crippen molar-refractivity contribution in [3.05, 3.63) is 29.6 Å².